The van der Waals surface area contributed by atoms with Crippen molar-refractivity contribution in [3.05, 3.63) is 23.5 Å². The number of carboxylic acid groups (broad SMARTS) is 1. The van der Waals surface area contributed by atoms with Crippen LogP contribution >= 0.6 is 0 Å². The average molecular weight is 406 g/mol. The second-order valence-electron chi connectivity index (χ2n) is 6.84. The zero-order chi connectivity index (χ0) is 21.2. The molecule has 1 unspecified atom stereocenters. The number of ether oxygens (including phenoxy) is 1. The third-order valence-electron chi connectivity index (χ3n) is 4.36. The summed E-state index contributed by atoms with van der Waals surface area (Å²) in [7, 11) is 0. The number of carbonyl (C=O) groups is 2. The number of nitrogens with one attached hydrogen (secondary N) is 1. The molecule has 9 heteroatoms. The summed E-state index contributed by atoms with van der Waals surface area (Å²) < 4.78 is 45.4. The topological polar surface area (TPSA) is 102 Å². The molecule has 1 amide bonds. The summed E-state index contributed by atoms with van der Waals surface area (Å²) >= 11 is 0. The lowest BCUT2D eigenvalue weighted by Crippen LogP contribution is -2.46. The van der Waals surface area contributed by atoms with Crippen molar-refractivity contribution in [1.82, 2.24) is 5.32 Å². The second kappa shape index (κ2) is 11.7. The summed E-state index contributed by atoms with van der Waals surface area (Å²) in [6, 6.07) is -2.25. The Labute approximate surface area is 163 Å². The third-order valence-corrected chi connectivity index (χ3v) is 4.36. The Bertz CT molecular complexity index is 588. The van der Waals surface area contributed by atoms with Gasteiger partial charge in [-0.3, -0.25) is 9.59 Å². The normalized spacial score (nSPS) is 18.1. The standard InChI is InChI=1S/C19H29F3N2O4/c1-2-3-4-5-6-7-10-28-16-9-8-13(11-14(16)19(20,21)22)24-18(27)15(23)12-17(25)26/h8-9,13,15H,2-7,10-12,23H2,1H3,(H,24,27)(H,25,26)/t13?,15-/m0/s1. The molecular weight excluding hydrogens is 377 g/mol. The Balaban J connectivity index is 2.59. The molecular formula is C19H29F3N2O4. The zero-order valence-corrected chi connectivity index (χ0v) is 16.1. The molecule has 0 aromatic rings. The second-order valence-corrected chi connectivity index (χ2v) is 6.84. The maximum atomic E-state index is 13.4. The number of amides is 1. The van der Waals surface area contributed by atoms with Crippen molar-refractivity contribution in [2.45, 2.75) is 76.6 Å². The summed E-state index contributed by atoms with van der Waals surface area (Å²) in [5, 5.41) is 11.0. The quantitative estimate of drug-likeness (QED) is 0.431. The van der Waals surface area contributed by atoms with E-state index in [1.165, 1.54) is 12.2 Å². The lowest BCUT2D eigenvalue weighted by Gasteiger charge is -2.25. The molecule has 0 aromatic heterocycles. The van der Waals surface area contributed by atoms with Gasteiger partial charge in [-0.25, -0.2) is 0 Å². The Kier molecular flexibility index (Phi) is 10.1. The van der Waals surface area contributed by atoms with Gasteiger partial charge in [0, 0.05) is 6.42 Å². The molecule has 28 heavy (non-hydrogen) atoms. The molecule has 1 aliphatic carbocycles. The Morgan fingerprint density at radius 3 is 2.54 bits per heavy atom. The molecule has 0 saturated heterocycles. The van der Waals surface area contributed by atoms with Crippen LogP contribution in [-0.4, -0.2) is 41.8 Å². The largest absolute Gasteiger partial charge is 0.493 e. The number of alkyl halides is 3. The van der Waals surface area contributed by atoms with E-state index in [1.54, 1.807) is 0 Å². The molecule has 0 aliphatic heterocycles. The van der Waals surface area contributed by atoms with Gasteiger partial charge >= 0.3 is 12.1 Å². The first-order valence-electron chi connectivity index (χ1n) is 9.54. The predicted octanol–water partition coefficient (Wildman–Crippen LogP) is 3.43. The van der Waals surface area contributed by atoms with Gasteiger partial charge in [0.05, 0.1) is 30.7 Å². The van der Waals surface area contributed by atoms with Gasteiger partial charge < -0.3 is 20.9 Å². The maximum absolute atomic E-state index is 13.4. The first-order valence-corrected chi connectivity index (χ1v) is 9.54. The van der Waals surface area contributed by atoms with Gasteiger partial charge in [-0.15, -0.1) is 0 Å². The van der Waals surface area contributed by atoms with E-state index < -0.39 is 48.6 Å². The van der Waals surface area contributed by atoms with Gasteiger partial charge in [-0.1, -0.05) is 45.1 Å². The van der Waals surface area contributed by atoms with Gasteiger partial charge in [-0.2, -0.15) is 13.2 Å². The number of rotatable bonds is 12. The highest BCUT2D eigenvalue weighted by Crippen LogP contribution is 2.35. The van der Waals surface area contributed by atoms with Crippen molar-refractivity contribution in [2.75, 3.05) is 6.61 Å². The van der Waals surface area contributed by atoms with E-state index in [0.717, 1.165) is 32.1 Å². The fourth-order valence-electron chi connectivity index (χ4n) is 2.82. The minimum atomic E-state index is -4.59. The molecule has 0 bridgehead atoms. The van der Waals surface area contributed by atoms with Crippen molar-refractivity contribution in [3.63, 3.8) is 0 Å². The van der Waals surface area contributed by atoms with Crippen LogP contribution in [0.15, 0.2) is 23.5 Å². The molecule has 1 rings (SSSR count). The lowest BCUT2D eigenvalue weighted by molar-refractivity contribution is -0.139. The number of carbonyl (C=O) groups excluding carboxylic acids is 1. The van der Waals surface area contributed by atoms with Crippen molar-refractivity contribution in [1.29, 1.82) is 0 Å². The molecule has 2 atom stereocenters. The van der Waals surface area contributed by atoms with E-state index >= 15 is 0 Å². The first-order chi connectivity index (χ1) is 13.1. The molecule has 4 N–H and O–H groups in total. The third kappa shape index (κ3) is 8.77. The van der Waals surface area contributed by atoms with E-state index in [2.05, 4.69) is 12.2 Å². The number of hydrogen-bond donors (Lipinski definition) is 3. The van der Waals surface area contributed by atoms with Gasteiger partial charge in [0.25, 0.3) is 0 Å². The van der Waals surface area contributed by atoms with E-state index in [4.69, 9.17) is 15.6 Å². The number of hydrogen-bond acceptors (Lipinski definition) is 4. The molecule has 1 aliphatic rings. The van der Waals surface area contributed by atoms with Crippen LogP contribution in [0.5, 0.6) is 0 Å². The number of halogens is 3. The smallest absolute Gasteiger partial charge is 0.416 e. The number of carboxylic acids is 1. The fourth-order valence-corrected chi connectivity index (χ4v) is 2.82. The molecule has 0 radical (unpaired) electrons. The van der Waals surface area contributed by atoms with Crippen LogP contribution < -0.4 is 11.1 Å². The predicted molar refractivity (Wildman–Crippen MR) is 98.3 cm³/mol. The first kappa shape index (κ1) is 24.0. The molecule has 6 nitrogen and oxygen atoms in total. The number of nitrogens with two attached hydrogens (primary N) is 1. The molecule has 160 valence electrons. The zero-order valence-electron chi connectivity index (χ0n) is 16.1. The van der Waals surface area contributed by atoms with E-state index in [1.807, 2.05) is 0 Å². The summed E-state index contributed by atoms with van der Waals surface area (Å²) in [5.74, 6) is -2.31. The Morgan fingerprint density at radius 2 is 1.93 bits per heavy atom. The van der Waals surface area contributed by atoms with Crippen LogP contribution in [0.2, 0.25) is 0 Å². The molecule has 0 fully saturated rings. The van der Waals surface area contributed by atoms with Crippen LogP contribution in [0.3, 0.4) is 0 Å². The van der Waals surface area contributed by atoms with Gasteiger partial charge in [0.15, 0.2) is 0 Å². The molecule has 0 heterocycles. The highest BCUT2D eigenvalue weighted by molar-refractivity contribution is 5.86. The van der Waals surface area contributed by atoms with E-state index in [9.17, 15) is 22.8 Å². The van der Waals surface area contributed by atoms with Crippen molar-refractivity contribution < 1.29 is 32.6 Å². The highest BCUT2D eigenvalue weighted by atomic mass is 19.4. The van der Waals surface area contributed by atoms with Crippen molar-refractivity contribution in [3.8, 4) is 0 Å². The Morgan fingerprint density at radius 1 is 1.29 bits per heavy atom. The Hall–Kier alpha value is -2.03. The van der Waals surface area contributed by atoms with Crippen LogP contribution in [0.4, 0.5) is 13.2 Å². The van der Waals surface area contributed by atoms with Gasteiger partial charge in [0.1, 0.15) is 5.76 Å². The van der Waals surface area contributed by atoms with Gasteiger partial charge in [0.2, 0.25) is 5.91 Å². The summed E-state index contributed by atoms with van der Waals surface area (Å²) in [6.07, 6.45) is 2.92. The van der Waals surface area contributed by atoms with Crippen molar-refractivity contribution in [2.24, 2.45) is 5.73 Å². The lowest BCUT2D eigenvalue weighted by atomic mass is 9.98. The van der Waals surface area contributed by atoms with Crippen LogP contribution in [0.1, 0.15) is 58.3 Å². The van der Waals surface area contributed by atoms with E-state index in [0.29, 0.717) is 6.42 Å². The minimum absolute atomic E-state index is 0.200. The molecule has 0 spiro atoms. The monoisotopic (exact) mass is 406 g/mol. The number of aliphatic carboxylic acids is 1. The average Bonchev–Trinajstić information content (AvgIpc) is 2.60. The number of unbranched alkanes of at least 4 members (excludes halogenated alkanes) is 5. The highest BCUT2D eigenvalue weighted by Gasteiger charge is 2.39. The summed E-state index contributed by atoms with van der Waals surface area (Å²) in [4.78, 5) is 22.4. The summed E-state index contributed by atoms with van der Waals surface area (Å²) in [5.41, 5.74) is 4.58. The molecule has 0 saturated carbocycles. The minimum Gasteiger partial charge on any atom is -0.493 e. The number of allylic oxidation sites excluding steroid dienone is 1. The fraction of sp³-hybridized carbons (Fsp3) is 0.684. The van der Waals surface area contributed by atoms with Crippen LogP contribution in [0, 0.1) is 0 Å². The van der Waals surface area contributed by atoms with Crippen LogP contribution in [0.25, 0.3) is 0 Å². The van der Waals surface area contributed by atoms with Gasteiger partial charge in [-0.05, 0) is 12.5 Å². The van der Waals surface area contributed by atoms with Crippen LogP contribution in [-0.2, 0) is 14.3 Å². The summed E-state index contributed by atoms with van der Waals surface area (Å²) in [6.45, 7) is 2.31. The van der Waals surface area contributed by atoms with E-state index in [-0.39, 0.29) is 12.4 Å². The van der Waals surface area contributed by atoms with Crippen molar-refractivity contribution >= 4 is 11.9 Å². The SMILES string of the molecule is CCCCCCCCOC1=C(C(F)(F)F)CC(NC(=O)[C@@H](N)CC(=O)O)C=C1. The molecule has 0 aromatic carbocycles. The maximum Gasteiger partial charge on any atom is 0.416 e.